The van der Waals surface area contributed by atoms with Crippen LogP contribution >= 0.6 is 0 Å². The molecule has 33 heavy (non-hydrogen) atoms. The summed E-state index contributed by atoms with van der Waals surface area (Å²) in [5.74, 6) is 0.720. The molecular formula is C21H28N6O5S. The van der Waals surface area contributed by atoms with E-state index in [4.69, 9.17) is 4.52 Å². The van der Waals surface area contributed by atoms with E-state index >= 15 is 0 Å². The van der Waals surface area contributed by atoms with Gasteiger partial charge in [0.05, 0.1) is 6.54 Å². The van der Waals surface area contributed by atoms with Crippen LogP contribution in [-0.4, -0.2) is 90.3 Å². The number of aromatic nitrogens is 2. The van der Waals surface area contributed by atoms with Gasteiger partial charge in [0.15, 0.2) is 5.82 Å². The third-order valence-corrected chi connectivity index (χ3v) is 7.90. The van der Waals surface area contributed by atoms with Crippen molar-refractivity contribution in [2.45, 2.75) is 24.7 Å². The van der Waals surface area contributed by atoms with E-state index < -0.39 is 10.0 Å². The van der Waals surface area contributed by atoms with Crippen LogP contribution in [-0.2, 0) is 19.6 Å². The number of carbonyl (C=O) groups excluding carboxylic acids is 2. The van der Waals surface area contributed by atoms with Crippen molar-refractivity contribution < 1.29 is 22.5 Å². The number of piperazine rings is 1. The number of hydrogen-bond donors (Lipinski definition) is 1. The average Bonchev–Trinajstić information content (AvgIpc) is 3.24. The molecule has 12 heteroatoms. The summed E-state index contributed by atoms with van der Waals surface area (Å²) in [4.78, 5) is 33.1. The Morgan fingerprint density at radius 2 is 1.88 bits per heavy atom. The Bertz CT molecular complexity index is 1070. The smallest absolute Gasteiger partial charge is 0.244 e. The largest absolute Gasteiger partial charge is 0.360 e. The minimum atomic E-state index is -3.59. The number of amides is 2. The van der Waals surface area contributed by atoms with Gasteiger partial charge in [-0.05, 0) is 31.9 Å². The summed E-state index contributed by atoms with van der Waals surface area (Å²) in [6.07, 6.45) is 3.88. The molecule has 178 valence electrons. The van der Waals surface area contributed by atoms with Crippen molar-refractivity contribution in [2.75, 3.05) is 51.1 Å². The average molecular weight is 477 g/mol. The van der Waals surface area contributed by atoms with E-state index in [1.807, 2.05) is 9.80 Å². The summed E-state index contributed by atoms with van der Waals surface area (Å²) in [6, 6.07) is 4.79. The number of carbonyl (C=O) groups is 2. The second-order valence-corrected chi connectivity index (χ2v) is 10.3. The van der Waals surface area contributed by atoms with Crippen molar-refractivity contribution in [3.63, 3.8) is 0 Å². The zero-order valence-electron chi connectivity index (χ0n) is 18.5. The highest BCUT2D eigenvalue weighted by Crippen LogP contribution is 2.25. The summed E-state index contributed by atoms with van der Waals surface area (Å²) in [7, 11) is -3.59. The zero-order valence-corrected chi connectivity index (χ0v) is 19.3. The fourth-order valence-corrected chi connectivity index (χ4v) is 5.62. The molecule has 2 fully saturated rings. The third kappa shape index (κ3) is 5.57. The molecule has 0 aromatic carbocycles. The van der Waals surface area contributed by atoms with Crippen LogP contribution in [0.1, 0.15) is 18.6 Å². The lowest BCUT2D eigenvalue weighted by molar-refractivity contribution is -0.138. The van der Waals surface area contributed by atoms with Crippen molar-refractivity contribution >= 4 is 27.7 Å². The summed E-state index contributed by atoms with van der Waals surface area (Å²) in [5.41, 5.74) is 0. The Morgan fingerprint density at radius 1 is 1.15 bits per heavy atom. The quantitative estimate of drug-likeness (QED) is 0.640. The van der Waals surface area contributed by atoms with Gasteiger partial charge in [0.25, 0.3) is 0 Å². The van der Waals surface area contributed by atoms with Gasteiger partial charge in [-0.2, -0.15) is 4.31 Å². The minimum Gasteiger partial charge on any atom is -0.360 e. The second kappa shape index (κ2) is 9.98. The number of piperidine rings is 1. The number of pyridine rings is 1. The second-order valence-electron chi connectivity index (χ2n) is 8.34. The van der Waals surface area contributed by atoms with Crippen molar-refractivity contribution in [1.82, 2.24) is 24.2 Å². The molecule has 0 atom stereocenters. The molecule has 2 aliphatic heterocycles. The highest BCUT2D eigenvalue weighted by molar-refractivity contribution is 7.89. The molecule has 2 aromatic heterocycles. The molecule has 2 amide bonds. The first-order valence-electron chi connectivity index (χ1n) is 11.0. The molecule has 0 bridgehead atoms. The van der Waals surface area contributed by atoms with E-state index in [0.29, 0.717) is 63.7 Å². The first kappa shape index (κ1) is 23.3. The van der Waals surface area contributed by atoms with Crippen LogP contribution in [0.3, 0.4) is 0 Å². The van der Waals surface area contributed by atoms with Crippen molar-refractivity contribution in [2.24, 2.45) is 5.92 Å². The fourth-order valence-electron chi connectivity index (χ4n) is 4.19. The van der Waals surface area contributed by atoms with E-state index in [-0.39, 0.29) is 29.2 Å². The molecule has 0 unspecified atom stereocenters. The molecule has 0 aliphatic carbocycles. The van der Waals surface area contributed by atoms with Gasteiger partial charge in [0, 0.05) is 63.6 Å². The number of anilines is 1. The van der Waals surface area contributed by atoms with Crippen molar-refractivity contribution in [3.8, 4) is 0 Å². The maximum Gasteiger partial charge on any atom is 0.244 e. The maximum absolute atomic E-state index is 13.0. The summed E-state index contributed by atoms with van der Waals surface area (Å²) in [6.45, 7) is 4.90. The molecule has 2 saturated heterocycles. The Hall–Kier alpha value is -2.83. The highest BCUT2D eigenvalue weighted by atomic mass is 32.2. The van der Waals surface area contributed by atoms with E-state index in [9.17, 15) is 18.0 Å². The Balaban J connectivity index is 1.22. The van der Waals surface area contributed by atoms with E-state index in [1.165, 1.54) is 22.8 Å². The first-order chi connectivity index (χ1) is 15.8. The molecule has 2 aliphatic rings. The maximum atomic E-state index is 13.0. The Labute approximate surface area is 192 Å². The lowest BCUT2D eigenvalue weighted by atomic mass is 9.96. The van der Waals surface area contributed by atoms with Crippen LogP contribution < -0.4 is 5.32 Å². The van der Waals surface area contributed by atoms with E-state index in [0.717, 1.165) is 0 Å². The number of sulfonamides is 1. The predicted molar refractivity (Wildman–Crippen MR) is 119 cm³/mol. The Morgan fingerprint density at radius 3 is 2.48 bits per heavy atom. The summed E-state index contributed by atoms with van der Waals surface area (Å²) < 4.78 is 31.9. The lowest BCUT2D eigenvalue weighted by Crippen LogP contribution is -2.53. The lowest BCUT2D eigenvalue weighted by Gasteiger charge is -2.38. The molecular weight excluding hydrogens is 448 g/mol. The highest BCUT2D eigenvalue weighted by Gasteiger charge is 2.34. The summed E-state index contributed by atoms with van der Waals surface area (Å²) in [5, 5.41) is 6.45. The minimum absolute atomic E-state index is 0.0654. The number of nitrogens with zero attached hydrogens (tertiary/aromatic N) is 5. The topological polar surface area (TPSA) is 129 Å². The van der Waals surface area contributed by atoms with Gasteiger partial charge in [-0.3, -0.25) is 19.5 Å². The molecule has 0 saturated carbocycles. The van der Waals surface area contributed by atoms with Gasteiger partial charge >= 0.3 is 0 Å². The van der Waals surface area contributed by atoms with Crippen LogP contribution in [0.5, 0.6) is 0 Å². The first-order valence-corrected chi connectivity index (χ1v) is 12.4. The normalized spacial score (nSPS) is 18.9. The van der Waals surface area contributed by atoms with Crippen molar-refractivity contribution in [3.05, 3.63) is 36.4 Å². The molecule has 11 nitrogen and oxygen atoms in total. The van der Waals surface area contributed by atoms with Crippen LogP contribution in [0.2, 0.25) is 0 Å². The Kier molecular flexibility index (Phi) is 7.05. The summed E-state index contributed by atoms with van der Waals surface area (Å²) >= 11 is 0. The molecule has 0 radical (unpaired) electrons. The van der Waals surface area contributed by atoms with Gasteiger partial charge in [-0.25, -0.2) is 8.42 Å². The standard InChI is InChI=1S/C21H28N6O5S/c1-16-13-19(24-32-16)23-20(28)15-25-9-11-26(12-10-25)21(29)17-4-7-27(8-5-17)33(30,31)18-3-2-6-22-14-18/h2-3,6,13-14,17H,4-5,7-12,15H2,1H3,(H,23,24,28). The predicted octanol–water partition coefficient (Wildman–Crippen LogP) is 0.562. The van der Waals surface area contributed by atoms with Crippen LogP contribution in [0.15, 0.2) is 40.0 Å². The van der Waals surface area contributed by atoms with Crippen LogP contribution in [0.25, 0.3) is 0 Å². The molecule has 4 heterocycles. The van der Waals surface area contributed by atoms with E-state index in [2.05, 4.69) is 15.5 Å². The zero-order chi connectivity index (χ0) is 23.4. The number of aryl methyl sites for hydroxylation is 1. The third-order valence-electron chi connectivity index (χ3n) is 6.02. The number of hydrogen-bond acceptors (Lipinski definition) is 8. The van der Waals surface area contributed by atoms with Gasteiger partial charge in [0.2, 0.25) is 21.8 Å². The monoisotopic (exact) mass is 476 g/mol. The van der Waals surface area contributed by atoms with Gasteiger partial charge < -0.3 is 14.7 Å². The van der Waals surface area contributed by atoms with Crippen LogP contribution in [0.4, 0.5) is 5.82 Å². The van der Waals surface area contributed by atoms with Gasteiger partial charge in [0.1, 0.15) is 10.7 Å². The van der Waals surface area contributed by atoms with E-state index in [1.54, 1.807) is 19.1 Å². The molecule has 4 rings (SSSR count). The van der Waals surface area contributed by atoms with Crippen LogP contribution in [0, 0.1) is 12.8 Å². The fraction of sp³-hybridized carbons (Fsp3) is 0.524. The van der Waals surface area contributed by atoms with Crippen molar-refractivity contribution in [1.29, 1.82) is 0 Å². The SMILES string of the molecule is Cc1cc(NC(=O)CN2CCN(C(=O)C3CCN(S(=O)(=O)c4cccnc4)CC3)CC2)no1. The number of rotatable bonds is 6. The molecule has 0 spiro atoms. The molecule has 1 N–H and O–H groups in total. The molecule has 2 aromatic rings. The van der Waals surface area contributed by atoms with Gasteiger partial charge in [-0.15, -0.1) is 0 Å². The van der Waals surface area contributed by atoms with Gasteiger partial charge in [-0.1, -0.05) is 5.16 Å². The number of nitrogens with one attached hydrogen (secondary N) is 1.